The van der Waals surface area contributed by atoms with Crippen LogP contribution in [0.25, 0.3) is 10.8 Å². The lowest BCUT2D eigenvalue weighted by Crippen LogP contribution is -2.52. The lowest BCUT2D eigenvalue weighted by Gasteiger charge is -2.32. The summed E-state index contributed by atoms with van der Waals surface area (Å²) in [5.41, 5.74) is -0.744. The molecule has 0 heterocycles. The Morgan fingerprint density at radius 3 is 1.91 bits per heavy atom. The van der Waals surface area contributed by atoms with Gasteiger partial charge in [-0.3, -0.25) is 0 Å². The Morgan fingerprint density at radius 1 is 0.844 bits per heavy atom. The summed E-state index contributed by atoms with van der Waals surface area (Å²) in [6.45, 7) is 10.1. The van der Waals surface area contributed by atoms with Crippen molar-refractivity contribution in [1.82, 2.24) is 4.90 Å². The van der Waals surface area contributed by atoms with Gasteiger partial charge in [-0.15, -0.1) is 0 Å². The third-order valence-electron chi connectivity index (χ3n) is 4.53. The van der Waals surface area contributed by atoms with Gasteiger partial charge in [-0.25, -0.2) is 14.4 Å². The molecule has 174 valence electrons. The number of hydrogen-bond donors (Lipinski definition) is 0. The topological polar surface area (TPSA) is 82.1 Å². The van der Waals surface area contributed by atoms with E-state index in [4.69, 9.17) is 14.2 Å². The highest BCUT2D eigenvalue weighted by Crippen LogP contribution is 2.23. The smallest absolute Gasteiger partial charge is 0.420 e. The van der Waals surface area contributed by atoms with Gasteiger partial charge in [0.05, 0.1) is 7.11 Å². The predicted molar refractivity (Wildman–Crippen MR) is 122 cm³/mol. The molecule has 1 atom stereocenters. The third-order valence-corrected chi connectivity index (χ3v) is 4.53. The predicted octanol–water partition coefficient (Wildman–Crippen LogP) is 5.49. The molecule has 2 aromatic carbocycles. The zero-order chi connectivity index (χ0) is 24.1. The highest BCUT2D eigenvalue weighted by atomic mass is 16.6. The molecule has 0 aromatic heterocycles. The van der Waals surface area contributed by atoms with E-state index in [-0.39, 0.29) is 6.42 Å². The highest BCUT2D eigenvalue weighted by Gasteiger charge is 2.40. The van der Waals surface area contributed by atoms with E-state index in [0.29, 0.717) is 6.42 Å². The van der Waals surface area contributed by atoms with Crippen LogP contribution in [0, 0.1) is 0 Å². The van der Waals surface area contributed by atoms with Gasteiger partial charge in [0.1, 0.15) is 17.2 Å². The van der Waals surface area contributed by atoms with Crippen molar-refractivity contribution >= 4 is 28.9 Å². The number of nitrogens with zero attached hydrogens (tertiary/aromatic N) is 1. The SMILES string of the molecule is COC(=O)C(CCc1cccc2ccccc12)N(C(=O)OC(C)(C)C)C(=O)OC(C)(C)C. The number of carbonyl (C=O) groups is 3. The van der Waals surface area contributed by atoms with E-state index in [2.05, 4.69) is 0 Å². The van der Waals surface area contributed by atoms with Crippen molar-refractivity contribution in [3.05, 3.63) is 48.0 Å². The monoisotopic (exact) mass is 443 g/mol. The fraction of sp³-hybridized carbons (Fsp3) is 0.480. The molecule has 0 aliphatic rings. The average molecular weight is 444 g/mol. The fourth-order valence-electron chi connectivity index (χ4n) is 3.24. The van der Waals surface area contributed by atoms with Crippen molar-refractivity contribution in [1.29, 1.82) is 0 Å². The molecule has 7 nitrogen and oxygen atoms in total. The normalized spacial score (nSPS) is 12.7. The van der Waals surface area contributed by atoms with Crippen LogP contribution in [0.1, 0.15) is 53.5 Å². The quantitative estimate of drug-likeness (QED) is 0.449. The summed E-state index contributed by atoms with van der Waals surface area (Å²) in [7, 11) is 1.22. The number of benzene rings is 2. The van der Waals surface area contributed by atoms with Crippen LogP contribution in [0.3, 0.4) is 0 Å². The molecule has 2 aromatic rings. The van der Waals surface area contributed by atoms with Crippen molar-refractivity contribution in [2.75, 3.05) is 7.11 Å². The van der Waals surface area contributed by atoms with Crippen LogP contribution < -0.4 is 0 Å². The highest BCUT2D eigenvalue weighted by molar-refractivity contribution is 5.94. The van der Waals surface area contributed by atoms with E-state index >= 15 is 0 Å². The molecule has 0 N–H and O–H groups in total. The molecule has 7 heteroatoms. The molecule has 0 bridgehead atoms. The Hall–Kier alpha value is -3.09. The van der Waals surface area contributed by atoms with Gasteiger partial charge in [0.2, 0.25) is 0 Å². The van der Waals surface area contributed by atoms with Crippen molar-refractivity contribution in [2.24, 2.45) is 0 Å². The summed E-state index contributed by atoms with van der Waals surface area (Å²) in [5, 5.41) is 2.11. The van der Waals surface area contributed by atoms with Gasteiger partial charge in [-0.2, -0.15) is 4.90 Å². The lowest BCUT2D eigenvalue weighted by atomic mass is 9.98. The Bertz CT molecular complexity index is 937. The molecular formula is C25H33NO6. The van der Waals surface area contributed by atoms with Crippen LogP contribution in [0.2, 0.25) is 0 Å². The first-order valence-corrected chi connectivity index (χ1v) is 10.6. The second-order valence-electron chi connectivity index (χ2n) is 9.55. The van der Waals surface area contributed by atoms with Gasteiger partial charge in [-0.1, -0.05) is 42.5 Å². The molecule has 0 aliphatic heterocycles. The number of amides is 2. The molecule has 0 spiro atoms. The number of ether oxygens (including phenoxy) is 3. The van der Waals surface area contributed by atoms with Gasteiger partial charge in [0, 0.05) is 0 Å². The molecule has 2 rings (SSSR count). The molecule has 0 radical (unpaired) electrons. The first-order valence-electron chi connectivity index (χ1n) is 10.6. The van der Waals surface area contributed by atoms with Crippen LogP contribution in [-0.4, -0.2) is 47.4 Å². The number of fused-ring (bicyclic) bond motifs is 1. The van der Waals surface area contributed by atoms with Crippen molar-refractivity contribution in [3.8, 4) is 0 Å². The lowest BCUT2D eigenvalue weighted by molar-refractivity contribution is -0.146. The number of carbonyl (C=O) groups excluding carboxylic acids is 3. The maximum Gasteiger partial charge on any atom is 0.420 e. The molecule has 2 amide bonds. The summed E-state index contributed by atoms with van der Waals surface area (Å²) in [5.74, 6) is -0.720. The molecule has 1 unspecified atom stereocenters. The molecule has 0 saturated heterocycles. The maximum atomic E-state index is 13.0. The number of esters is 1. The third kappa shape index (κ3) is 6.97. The Morgan fingerprint density at radius 2 is 1.38 bits per heavy atom. The molecule has 0 saturated carbocycles. The zero-order valence-corrected chi connectivity index (χ0v) is 19.9. The summed E-state index contributed by atoms with van der Waals surface area (Å²) in [6.07, 6.45) is -1.33. The van der Waals surface area contributed by atoms with Crippen molar-refractivity contribution < 1.29 is 28.6 Å². The molecule has 32 heavy (non-hydrogen) atoms. The minimum Gasteiger partial charge on any atom is -0.467 e. The van der Waals surface area contributed by atoms with Crippen LogP contribution >= 0.6 is 0 Å². The van der Waals surface area contributed by atoms with Crippen LogP contribution in [-0.2, 0) is 25.4 Å². The Kier molecular flexibility index (Phi) is 7.88. The first kappa shape index (κ1) is 25.2. The van der Waals surface area contributed by atoms with E-state index < -0.39 is 35.4 Å². The Balaban J connectivity index is 2.39. The molecule has 0 fully saturated rings. The Labute approximate surface area is 189 Å². The van der Waals surface area contributed by atoms with E-state index in [1.165, 1.54) is 7.11 Å². The number of rotatable bonds is 5. The van der Waals surface area contributed by atoms with Crippen molar-refractivity contribution in [2.45, 2.75) is 71.6 Å². The largest absolute Gasteiger partial charge is 0.467 e. The minimum absolute atomic E-state index is 0.152. The number of imide groups is 1. The van der Waals surface area contributed by atoms with Gasteiger partial charge < -0.3 is 14.2 Å². The van der Waals surface area contributed by atoms with Crippen molar-refractivity contribution in [3.63, 3.8) is 0 Å². The van der Waals surface area contributed by atoms with Gasteiger partial charge >= 0.3 is 18.2 Å². The van der Waals surface area contributed by atoms with Crippen LogP contribution in [0.4, 0.5) is 9.59 Å². The summed E-state index contributed by atoms with van der Waals surface area (Å²) in [4.78, 5) is 39.4. The van der Waals surface area contributed by atoms with Crippen LogP contribution in [0.5, 0.6) is 0 Å². The second-order valence-corrected chi connectivity index (χ2v) is 9.55. The number of hydrogen-bond acceptors (Lipinski definition) is 6. The standard InChI is InChI=1S/C25H33NO6/c1-24(2,3)31-22(28)26(23(29)32-25(4,5)6)20(21(27)30-7)16-15-18-13-10-12-17-11-8-9-14-19(17)18/h8-14,20H,15-16H2,1-7H3. The first-order chi connectivity index (χ1) is 14.8. The average Bonchev–Trinajstić information content (AvgIpc) is 2.67. The summed E-state index contributed by atoms with van der Waals surface area (Å²) < 4.78 is 15.8. The molecular weight excluding hydrogens is 410 g/mol. The minimum atomic E-state index is -1.20. The zero-order valence-electron chi connectivity index (χ0n) is 19.9. The van der Waals surface area contributed by atoms with Gasteiger partial charge in [-0.05, 0) is 70.7 Å². The number of aryl methyl sites for hydroxylation is 1. The van der Waals surface area contributed by atoms with Gasteiger partial charge in [0.15, 0.2) is 0 Å². The fourth-order valence-corrected chi connectivity index (χ4v) is 3.24. The summed E-state index contributed by atoms with van der Waals surface area (Å²) in [6, 6.07) is 12.6. The van der Waals surface area contributed by atoms with E-state index in [1.54, 1.807) is 41.5 Å². The maximum absolute atomic E-state index is 13.0. The van der Waals surface area contributed by atoms with E-state index in [1.807, 2.05) is 42.5 Å². The second kappa shape index (κ2) is 10.0. The van der Waals surface area contributed by atoms with Gasteiger partial charge in [0.25, 0.3) is 0 Å². The van der Waals surface area contributed by atoms with E-state index in [9.17, 15) is 14.4 Å². The van der Waals surface area contributed by atoms with E-state index in [0.717, 1.165) is 21.2 Å². The van der Waals surface area contributed by atoms with Crippen LogP contribution in [0.15, 0.2) is 42.5 Å². The molecule has 0 aliphatic carbocycles. The number of methoxy groups -OCH3 is 1. The summed E-state index contributed by atoms with van der Waals surface area (Å²) >= 11 is 0.